The van der Waals surface area contributed by atoms with E-state index in [2.05, 4.69) is 5.32 Å². The van der Waals surface area contributed by atoms with Crippen LogP contribution in [0.2, 0.25) is 0 Å². The number of anilines is 1. The number of hydrogen-bond donors (Lipinski definition) is 1. The Morgan fingerprint density at radius 3 is 2.34 bits per heavy atom. The molecule has 0 aliphatic heterocycles. The summed E-state index contributed by atoms with van der Waals surface area (Å²) in [7, 11) is 3.19. The number of benzene rings is 3. The van der Waals surface area contributed by atoms with Gasteiger partial charge in [-0.1, -0.05) is 55.7 Å². The van der Waals surface area contributed by atoms with Gasteiger partial charge in [-0.15, -0.1) is 11.3 Å². The average molecular weight is 609 g/mol. The fraction of sp³-hybridized carbons (Fsp3) is 0.286. The fourth-order valence-corrected chi connectivity index (χ4v) is 7.01. The van der Waals surface area contributed by atoms with Gasteiger partial charge in [-0.2, -0.15) is 5.10 Å². The van der Waals surface area contributed by atoms with E-state index in [1.54, 1.807) is 25.2 Å². The van der Waals surface area contributed by atoms with Crippen molar-refractivity contribution in [2.45, 2.75) is 51.1 Å². The number of nitrogens with one attached hydrogen (secondary N) is 1. The van der Waals surface area contributed by atoms with Gasteiger partial charge in [-0.05, 0) is 67.8 Å². The molecule has 1 unspecified atom stereocenters. The molecule has 1 aliphatic carbocycles. The van der Waals surface area contributed by atoms with E-state index in [1.165, 1.54) is 17.8 Å². The van der Waals surface area contributed by atoms with Gasteiger partial charge in [-0.25, -0.2) is 4.68 Å². The molecule has 2 amide bonds. The van der Waals surface area contributed by atoms with Crippen LogP contribution in [0.5, 0.6) is 11.5 Å². The highest BCUT2D eigenvalue weighted by Crippen LogP contribution is 2.37. The van der Waals surface area contributed by atoms with Crippen LogP contribution >= 0.6 is 11.3 Å². The molecule has 1 N–H and O–H groups in total. The molecular formula is C35H36N4O4S. The fourth-order valence-electron chi connectivity index (χ4n) is 5.89. The number of fused-ring (bicyclic) bond motifs is 1. The van der Waals surface area contributed by atoms with E-state index in [-0.39, 0.29) is 17.9 Å². The average Bonchev–Trinajstić information content (AvgIpc) is 3.64. The number of aryl methyl sites for hydroxylation is 1. The molecular weight excluding hydrogens is 572 g/mol. The lowest BCUT2D eigenvalue weighted by Gasteiger charge is -2.33. The molecule has 1 atom stereocenters. The van der Waals surface area contributed by atoms with Crippen molar-refractivity contribution in [1.82, 2.24) is 15.1 Å². The Hall–Kier alpha value is -4.63. The van der Waals surface area contributed by atoms with Crippen molar-refractivity contribution in [1.29, 1.82) is 0 Å². The maximum absolute atomic E-state index is 14.8. The topological polar surface area (TPSA) is 85.7 Å². The van der Waals surface area contributed by atoms with Crippen LogP contribution in [-0.2, 0) is 4.79 Å². The molecule has 0 spiro atoms. The standard InChI is InChI=1S/C35H36N4O4S/c1-23-30-22-31(44-35(30)39(37-23)26-13-8-5-9-14-26)34(41)38(27-15-10-16-29(21-27)43-3)32(24-17-19-28(42-2)20-18-24)33(40)36-25-11-6-4-7-12-25/h5,8-10,13-22,25,32H,4,6-7,11-12H2,1-3H3,(H,36,40). The van der Waals surface area contributed by atoms with Crippen LogP contribution in [0.1, 0.15) is 59.1 Å². The lowest BCUT2D eigenvalue weighted by Crippen LogP contribution is -2.47. The first-order chi connectivity index (χ1) is 21.5. The second kappa shape index (κ2) is 12.9. The Bertz CT molecular complexity index is 1760. The predicted molar refractivity (Wildman–Crippen MR) is 174 cm³/mol. The van der Waals surface area contributed by atoms with Gasteiger partial charge in [0.1, 0.15) is 22.4 Å². The lowest BCUT2D eigenvalue weighted by atomic mass is 9.94. The van der Waals surface area contributed by atoms with Crippen LogP contribution in [0, 0.1) is 6.92 Å². The van der Waals surface area contributed by atoms with Crippen molar-refractivity contribution >= 4 is 39.1 Å². The van der Waals surface area contributed by atoms with Crippen LogP contribution < -0.4 is 19.7 Å². The molecule has 1 aliphatic rings. The van der Waals surface area contributed by atoms with E-state index < -0.39 is 6.04 Å². The van der Waals surface area contributed by atoms with E-state index in [9.17, 15) is 9.59 Å². The Kier molecular flexibility index (Phi) is 8.65. The number of carbonyl (C=O) groups excluding carboxylic acids is 2. The molecule has 6 rings (SSSR count). The van der Waals surface area contributed by atoms with Crippen molar-refractivity contribution in [3.05, 3.63) is 101 Å². The third kappa shape index (κ3) is 5.92. The van der Waals surface area contributed by atoms with Gasteiger partial charge in [0, 0.05) is 23.2 Å². The number of nitrogens with zero attached hydrogens (tertiary/aromatic N) is 3. The summed E-state index contributed by atoms with van der Waals surface area (Å²) in [6, 6.07) is 25.6. The van der Waals surface area contributed by atoms with Crippen LogP contribution in [0.25, 0.3) is 15.9 Å². The minimum atomic E-state index is -0.931. The summed E-state index contributed by atoms with van der Waals surface area (Å²) in [5, 5.41) is 8.94. The number of ether oxygens (including phenoxy) is 2. The number of carbonyl (C=O) groups is 2. The quantitative estimate of drug-likeness (QED) is 0.191. The second-order valence-electron chi connectivity index (χ2n) is 11.1. The maximum Gasteiger partial charge on any atom is 0.269 e. The number of aromatic nitrogens is 2. The number of thiophene rings is 1. The largest absolute Gasteiger partial charge is 0.497 e. The van der Waals surface area contributed by atoms with Crippen LogP contribution in [-0.4, -0.2) is 41.9 Å². The van der Waals surface area contributed by atoms with Crippen molar-refractivity contribution in [2.75, 3.05) is 19.1 Å². The van der Waals surface area contributed by atoms with Crippen LogP contribution in [0.3, 0.4) is 0 Å². The highest BCUT2D eigenvalue weighted by Gasteiger charge is 2.36. The van der Waals surface area contributed by atoms with E-state index in [1.807, 2.05) is 90.5 Å². The summed E-state index contributed by atoms with van der Waals surface area (Å²) in [4.78, 5) is 32.1. The SMILES string of the molecule is COc1ccc(C(C(=O)NC2CCCCC2)N(C(=O)c2cc3c(C)nn(-c4ccccc4)c3s2)c2cccc(OC)c2)cc1. The number of para-hydroxylation sites is 1. The van der Waals surface area contributed by atoms with Gasteiger partial charge >= 0.3 is 0 Å². The summed E-state index contributed by atoms with van der Waals surface area (Å²) in [5.41, 5.74) is 2.99. The number of hydrogen-bond acceptors (Lipinski definition) is 6. The molecule has 5 aromatic rings. The normalized spacial score (nSPS) is 14.2. The van der Waals surface area contributed by atoms with Crippen molar-refractivity contribution in [3.63, 3.8) is 0 Å². The van der Waals surface area contributed by atoms with E-state index >= 15 is 0 Å². The molecule has 8 nitrogen and oxygen atoms in total. The van der Waals surface area contributed by atoms with E-state index in [4.69, 9.17) is 14.6 Å². The third-order valence-corrected chi connectivity index (χ3v) is 9.29. The summed E-state index contributed by atoms with van der Waals surface area (Å²) in [6.07, 6.45) is 5.19. The van der Waals surface area contributed by atoms with Gasteiger partial charge in [0.25, 0.3) is 5.91 Å². The Morgan fingerprint density at radius 1 is 0.909 bits per heavy atom. The molecule has 9 heteroatoms. The number of rotatable bonds is 9. The van der Waals surface area contributed by atoms with Crippen molar-refractivity contribution in [2.24, 2.45) is 0 Å². The van der Waals surface area contributed by atoms with E-state index in [0.717, 1.165) is 47.3 Å². The second-order valence-corrected chi connectivity index (χ2v) is 12.1. The first kappa shape index (κ1) is 29.4. The van der Waals surface area contributed by atoms with Crippen LogP contribution in [0.15, 0.2) is 84.9 Å². The monoisotopic (exact) mass is 608 g/mol. The molecule has 0 saturated heterocycles. The Morgan fingerprint density at radius 2 is 1.64 bits per heavy atom. The first-order valence-electron chi connectivity index (χ1n) is 14.9. The minimum absolute atomic E-state index is 0.0723. The van der Waals surface area contributed by atoms with Gasteiger partial charge < -0.3 is 14.8 Å². The zero-order valence-corrected chi connectivity index (χ0v) is 26.0. The highest BCUT2D eigenvalue weighted by atomic mass is 32.1. The molecule has 0 radical (unpaired) electrons. The smallest absolute Gasteiger partial charge is 0.269 e. The molecule has 2 aromatic heterocycles. The van der Waals surface area contributed by atoms with E-state index in [0.29, 0.717) is 27.6 Å². The Labute approximate surface area is 261 Å². The highest BCUT2D eigenvalue weighted by molar-refractivity contribution is 7.20. The molecule has 0 bridgehead atoms. The Balaban J connectivity index is 1.48. The minimum Gasteiger partial charge on any atom is -0.497 e. The van der Waals surface area contributed by atoms with Gasteiger partial charge in [-0.3, -0.25) is 14.5 Å². The van der Waals surface area contributed by atoms with Crippen molar-refractivity contribution in [3.8, 4) is 17.2 Å². The number of amides is 2. The zero-order chi connectivity index (χ0) is 30.6. The lowest BCUT2D eigenvalue weighted by molar-refractivity contribution is -0.123. The van der Waals surface area contributed by atoms with Gasteiger partial charge in [0.15, 0.2) is 0 Å². The van der Waals surface area contributed by atoms with Crippen LogP contribution in [0.4, 0.5) is 5.69 Å². The maximum atomic E-state index is 14.8. The summed E-state index contributed by atoms with van der Waals surface area (Å²) in [5.74, 6) is 0.766. The van der Waals surface area contributed by atoms with Gasteiger partial charge in [0.05, 0.1) is 30.5 Å². The molecule has 1 saturated carbocycles. The summed E-state index contributed by atoms with van der Waals surface area (Å²) in [6.45, 7) is 1.94. The molecule has 226 valence electrons. The number of methoxy groups -OCH3 is 2. The van der Waals surface area contributed by atoms with Gasteiger partial charge in [0.2, 0.25) is 5.91 Å². The van der Waals surface area contributed by atoms with Crippen molar-refractivity contribution < 1.29 is 19.1 Å². The molecule has 3 aromatic carbocycles. The summed E-state index contributed by atoms with van der Waals surface area (Å²) < 4.78 is 12.8. The summed E-state index contributed by atoms with van der Waals surface area (Å²) >= 11 is 1.37. The third-order valence-electron chi connectivity index (χ3n) is 8.20. The first-order valence-corrected chi connectivity index (χ1v) is 15.7. The zero-order valence-electron chi connectivity index (χ0n) is 25.2. The molecule has 1 fully saturated rings. The molecule has 44 heavy (non-hydrogen) atoms. The molecule has 2 heterocycles. The predicted octanol–water partition coefficient (Wildman–Crippen LogP) is 7.25.